The second-order valence-electron chi connectivity index (χ2n) is 4.43. The zero-order valence-corrected chi connectivity index (χ0v) is 11.9. The molecule has 108 valence electrons. The Morgan fingerprint density at radius 2 is 2.00 bits per heavy atom. The van der Waals surface area contributed by atoms with Crippen LogP contribution in [0.15, 0.2) is 42.7 Å². The molecule has 21 heavy (non-hydrogen) atoms. The Morgan fingerprint density at radius 3 is 2.62 bits per heavy atom. The maximum Gasteiger partial charge on any atom is 0.269 e. The lowest BCUT2D eigenvalue weighted by atomic mass is 10.1. The highest BCUT2D eigenvalue weighted by atomic mass is 35.5. The number of aromatic nitrogens is 1. The fraction of sp³-hybridized carbons (Fsp3) is 0.143. The SMILES string of the molecule is CN(Cc1cc([N+](=O)[O-])ccc1Cl)C(=O)c1ccncc1. The number of hydrogen-bond acceptors (Lipinski definition) is 4. The second-order valence-corrected chi connectivity index (χ2v) is 4.84. The molecule has 0 saturated carbocycles. The van der Waals surface area contributed by atoms with Crippen LogP contribution in [-0.4, -0.2) is 27.8 Å². The largest absolute Gasteiger partial charge is 0.337 e. The molecule has 0 aliphatic carbocycles. The van der Waals surface area contributed by atoms with Crippen molar-refractivity contribution in [3.63, 3.8) is 0 Å². The summed E-state index contributed by atoms with van der Waals surface area (Å²) in [5.41, 5.74) is 0.962. The van der Waals surface area contributed by atoms with Gasteiger partial charge in [0.05, 0.1) is 4.92 Å². The van der Waals surface area contributed by atoms with E-state index < -0.39 is 4.92 Å². The molecule has 0 aliphatic rings. The standard InChI is InChI=1S/C14H12ClN3O3/c1-17(14(19)10-4-6-16-7-5-10)9-11-8-12(18(20)21)2-3-13(11)15/h2-8H,9H2,1H3. The number of carbonyl (C=O) groups excluding carboxylic acids is 1. The van der Waals surface area contributed by atoms with Gasteiger partial charge in [0.15, 0.2) is 0 Å². The van der Waals surface area contributed by atoms with Gasteiger partial charge in [-0.05, 0) is 23.8 Å². The summed E-state index contributed by atoms with van der Waals surface area (Å²) in [6, 6.07) is 7.37. The summed E-state index contributed by atoms with van der Waals surface area (Å²) in [7, 11) is 1.61. The topological polar surface area (TPSA) is 76.3 Å². The molecule has 0 saturated heterocycles. The Kier molecular flexibility index (Phi) is 4.49. The summed E-state index contributed by atoms with van der Waals surface area (Å²) in [5, 5.41) is 11.2. The summed E-state index contributed by atoms with van der Waals surface area (Å²) in [6.45, 7) is 0.182. The summed E-state index contributed by atoms with van der Waals surface area (Å²) in [4.78, 5) is 27.8. The summed E-state index contributed by atoms with van der Waals surface area (Å²) in [6.07, 6.45) is 3.06. The van der Waals surface area contributed by atoms with E-state index in [1.54, 1.807) is 19.2 Å². The maximum atomic E-state index is 12.2. The lowest BCUT2D eigenvalue weighted by Crippen LogP contribution is -2.26. The first-order chi connectivity index (χ1) is 9.99. The molecular formula is C14H12ClN3O3. The van der Waals surface area contributed by atoms with Crippen LogP contribution in [0.25, 0.3) is 0 Å². The van der Waals surface area contributed by atoms with Crippen molar-refractivity contribution in [1.29, 1.82) is 0 Å². The summed E-state index contributed by atoms with van der Waals surface area (Å²) >= 11 is 6.03. The lowest BCUT2D eigenvalue weighted by molar-refractivity contribution is -0.384. The molecule has 0 atom stereocenters. The molecule has 1 aromatic heterocycles. The molecule has 1 heterocycles. The molecule has 6 nitrogen and oxygen atoms in total. The van der Waals surface area contributed by atoms with Crippen molar-refractivity contribution in [2.24, 2.45) is 0 Å². The number of carbonyl (C=O) groups is 1. The molecule has 0 N–H and O–H groups in total. The van der Waals surface area contributed by atoms with Gasteiger partial charge in [-0.15, -0.1) is 0 Å². The van der Waals surface area contributed by atoms with E-state index >= 15 is 0 Å². The molecule has 0 aliphatic heterocycles. The van der Waals surface area contributed by atoms with Crippen molar-refractivity contribution < 1.29 is 9.72 Å². The van der Waals surface area contributed by atoms with Crippen molar-refractivity contribution in [2.75, 3.05) is 7.05 Å². The minimum absolute atomic E-state index is 0.0563. The minimum Gasteiger partial charge on any atom is -0.337 e. The number of amides is 1. The first kappa shape index (κ1) is 14.9. The van der Waals surface area contributed by atoms with Gasteiger partial charge >= 0.3 is 0 Å². The molecule has 0 unspecified atom stereocenters. The number of hydrogen-bond donors (Lipinski definition) is 0. The quantitative estimate of drug-likeness (QED) is 0.643. The smallest absolute Gasteiger partial charge is 0.269 e. The van der Waals surface area contributed by atoms with Crippen molar-refractivity contribution in [3.05, 3.63) is 69.0 Å². The van der Waals surface area contributed by atoms with E-state index in [0.717, 1.165) is 0 Å². The summed E-state index contributed by atoms with van der Waals surface area (Å²) < 4.78 is 0. The highest BCUT2D eigenvalue weighted by molar-refractivity contribution is 6.31. The van der Waals surface area contributed by atoms with Crippen LogP contribution in [0.1, 0.15) is 15.9 Å². The molecule has 2 aromatic rings. The van der Waals surface area contributed by atoms with Crippen LogP contribution in [0, 0.1) is 10.1 Å². The Bertz CT molecular complexity index is 676. The van der Waals surface area contributed by atoms with E-state index in [0.29, 0.717) is 16.1 Å². The van der Waals surface area contributed by atoms with E-state index in [9.17, 15) is 14.9 Å². The van der Waals surface area contributed by atoms with Crippen LogP contribution in [0.5, 0.6) is 0 Å². The third-order valence-electron chi connectivity index (χ3n) is 2.92. The van der Waals surface area contributed by atoms with E-state index in [-0.39, 0.29) is 18.1 Å². The van der Waals surface area contributed by atoms with Gasteiger partial charge in [-0.25, -0.2) is 0 Å². The Balaban J connectivity index is 2.19. The van der Waals surface area contributed by atoms with Crippen molar-refractivity contribution >= 4 is 23.2 Å². The summed E-state index contributed by atoms with van der Waals surface area (Å²) in [5.74, 6) is -0.208. The van der Waals surface area contributed by atoms with E-state index in [1.807, 2.05) is 0 Å². The van der Waals surface area contributed by atoms with E-state index in [4.69, 9.17) is 11.6 Å². The minimum atomic E-state index is -0.496. The molecule has 2 rings (SSSR count). The lowest BCUT2D eigenvalue weighted by Gasteiger charge is -2.17. The number of nitro benzene ring substituents is 1. The van der Waals surface area contributed by atoms with Crippen LogP contribution in [0.3, 0.4) is 0 Å². The number of non-ortho nitro benzene ring substituents is 1. The number of pyridine rings is 1. The highest BCUT2D eigenvalue weighted by Crippen LogP contribution is 2.23. The van der Waals surface area contributed by atoms with Crippen LogP contribution in [0.4, 0.5) is 5.69 Å². The van der Waals surface area contributed by atoms with Gasteiger partial charge in [0, 0.05) is 48.7 Å². The Morgan fingerprint density at radius 1 is 1.33 bits per heavy atom. The molecule has 1 aromatic carbocycles. The van der Waals surface area contributed by atoms with Gasteiger partial charge < -0.3 is 4.90 Å². The number of rotatable bonds is 4. The average Bonchev–Trinajstić information content (AvgIpc) is 2.49. The van der Waals surface area contributed by atoms with Crippen LogP contribution < -0.4 is 0 Å². The molecule has 1 amide bonds. The van der Waals surface area contributed by atoms with Gasteiger partial charge in [0.25, 0.3) is 11.6 Å². The molecule has 7 heteroatoms. The van der Waals surface area contributed by atoms with Crippen LogP contribution >= 0.6 is 11.6 Å². The molecule has 0 radical (unpaired) electrons. The Hall–Kier alpha value is -2.47. The number of nitro groups is 1. The van der Waals surface area contributed by atoms with Gasteiger partial charge in [-0.2, -0.15) is 0 Å². The normalized spacial score (nSPS) is 10.2. The molecular weight excluding hydrogens is 294 g/mol. The fourth-order valence-electron chi connectivity index (χ4n) is 1.84. The first-order valence-electron chi connectivity index (χ1n) is 6.07. The Labute approximate surface area is 126 Å². The maximum absolute atomic E-state index is 12.2. The number of nitrogens with zero attached hydrogens (tertiary/aromatic N) is 3. The van der Waals surface area contributed by atoms with Crippen molar-refractivity contribution in [3.8, 4) is 0 Å². The zero-order valence-electron chi connectivity index (χ0n) is 11.2. The van der Waals surface area contributed by atoms with E-state index in [2.05, 4.69) is 4.98 Å². The fourth-order valence-corrected chi connectivity index (χ4v) is 2.02. The van der Waals surface area contributed by atoms with Crippen molar-refractivity contribution in [2.45, 2.75) is 6.54 Å². The van der Waals surface area contributed by atoms with Gasteiger partial charge in [0.2, 0.25) is 0 Å². The number of benzene rings is 1. The molecule has 0 fully saturated rings. The second kappa shape index (κ2) is 6.32. The third kappa shape index (κ3) is 3.55. The predicted molar refractivity (Wildman–Crippen MR) is 78.1 cm³/mol. The van der Waals surface area contributed by atoms with Crippen LogP contribution in [-0.2, 0) is 6.54 Å². The first-order valence-corrected chi connectivity index (χ1v) is 6.45. The zero-order chi connectivity index (χ0) is 15.4. The van der Waals surface area contributed by atoms with Crippen molar-refractivity contribution in [1.82, 2.24) is 9.88 Å². The molecule has 0 bridgehead atoms. The van der Waals surface area contributed by atoms with E-state index in [1.165, 1.54) is 35.5 Å². The van der Waals surface area contributed by atoms with Gasteiger partial charge in [-0.3, -0.25) is 19.9 Å². The predicted octanol–water partition coefficient (Wildman–Crippen LogP) is 2.92. The van der Waals surface area contributed by atoms with Gasteiger partial charge in [0.1, 0.15) is 0 Å². The monoisotopic (exact) mass is 305 g/mol. The van der Waals surface area contributed by atoms with Crippen LogP contribution in [0.2, 0.25) is 5.02 Å². The van der Waals surface area contributed by atoms with Gasteiger partial charge in [-0.1, -0.05) is 11.6 Å². The molecule has 0 spiro atoms. The third-order valence-corrected chi connectivity index (χ3v) is 3.29. The highest BCUT2D eigenvalue weighted by Gasteiger charge is 2.15. The number of halogens is 1. The average molecular weight is 306 g/mol.